The number of ketones is 1. The van der Waals surface area contributed by atoms with Gasteiger partial charge in [0, 0.05) is 6.42 Å². The van der Waals surface area contributed by atoms with Gasteiger partial charge in [0.05, 0.1) is 6.26 Å². The lowest BCUT2D eigenvalue weighted by molar-refractivity contribution is 0.0966. The van der Waals surface area contributed by atoms with Gasteiger partial charge in [-0.3, -0.25) is 4.79 Å². The molecular formula is C38H59FO2. The van der Waals surface area contributed by atoms with Gasteiger partial charge >= 0.3 is 0 Å². The van der Waals surface area contributed by atoms with Crippen LogP contribution in [0.5, 0.6) is 0 Å². The predicted molar refractivity (Wildman–Crippen MR) is 177 cm³/mol. The number of hydrogen-bond donors (Lipinski definition) is 0. The Hall–Kier alpha value is -2.68. The molecule has 2 aromatic rings. The summed E-state index contributed by atoms with van der Waals surface area (Å²) in [6, 6.07) is 9.14. The number of unbranched alkanes of at least 4 members (excludes halogenated alkanes) is 2. The molecule has 0 aliphatic heterocycles. The zero-order valence-corrected chi connectivity index (χ0v) is 27.2. The minimum Gasteiger partial charge on any atom is -0.461 e. The quantitative estimate of drug-likeness (QED) is 0.189. The van der Waals surface area contributed by atoms with Crippen molar-refractivity contribution in [2.45, 2.75) is 131 Å². The van der Waals surface area contributed by atoms with E-state index in [1.807, 2.05) is 0 Å². The highest BCUT2D eigenvalue weighted by atomic mass is 19.1. The summed E-state index contributed by atoms with van der Waals surface area (Å²) in [7, 11) is 0. The largest absolute Gasteiger partial charge is 0.461 e. The summed E-state index contributed by atoms with van der Waals surface area (Å²) in [6.45, 7) is 17.1. The number of halogens is 1. The van der Waals surface area contributed by atoms with Crippen molar-refractivity contribution in [2.75, 3.05) is 0 Å². The van der Waals surface area contributed by atoms with Gasteiger partial charge in [-0.15, -0.1) is 0 Å². The highest BCUT2D eigenvalue weighted by Crippen LogP contribution is 2.26. The van der Waals surface area contributed by atoms with Crippen LogP contribution in [0.3, 0.4) is 0 Å². The molecule has 0 spiro atoms. The predicted octanol–water partition coefficient (Wildman–Crippen LogP) is 12.7. The Labute approximate surface area is 252 Å². The molecule has 1 aliphatic carbocycles. The molecule has 0 atom stereocenters. The molecule has 41 heavy (non-hydrogen) atoms. The van der Waals surface area contributed by atoms with Crippen molar-refractivity contribution in [1.82, 2.24) is 0 Å². The fraction of sp³-hybridized carbons (Fsp3) is 0.553. The van der Waals surface area contributed by atoms with Crippen molar-refractivity contribution in [3.63, 3.8) is 0 Å². The molecule has 0 radical (unpaired) electrons. The number of furan rings is 1. The number of carbonyl (C=O) groups is 1. The minimum absolute atomic E-state index is 0.105. The molecular weight excluding hydrogens is 507 g/mol. The molecule has 0 saturated heterocycles. The standard InChI is InChI=1S/C13H22.C12H9FO2.C9H18.C4H10/c1-5-8-9-12(4)10-11-13(6-2)7-3;13-10-5-3-9(4-6-10)8-11(14)12-2-1-7-15-12;1-2-6-9-7-4-3-5-8-9;1-3-4-2/h6,10-11H,4-5,7-9H2,1-3H3;1-7H,8H2;9H,2-8H2,1H3;3-4H2,1-2H3/b11-10-,13-6-;;;. The van der Waals surface area contributed by atoms with Crippen LogP contribution in [0.15, 0.2) is 83.0 Å². The van der Waals surface area contributed by atoms with Gasteiger partial charge in [0.15, 0.2) is 5.76 Å². The number of Topliss-reactive ketones (excluding diaryl/α,β-unsaturated/α-hetero) is 1. The maximum absolute atomic E-state index is 12.6. The van der Waals surface area contributed by atoms with Gasteiger partial charge in [-0.1, -0.05) is 147 Å². The first kappa shape index (κ1) is 38.3. The number of rotatable bonds is 12. The Morgan fingerprint density at radius 1 is 0.927 bits per heavy atom. The summed E-state index contributed by atoms with van der Waals surface area (Å²) in [5, 5.41) is 0. The highest BCUT2D eigenvalue weighted by Gasteiger charge is 2.11. The summed E-state index contributed by atoms with van der Waals surface area (Å²) < 4.78 is 17.6. The van der Waals surface area contributed by atoms with Crippen molar-refractivity contribution in [1.29, 1.82) is 0 Å². The minimum atomic E-state index is -0.302. The zero-order valence-electron chi connectivity index (χ0n) is 27.2. The monoisotopic (exact) mass is 566 g/mol. The van der Waals surface area contributed by atoms with Crippen molar-refractivity contribution in [2.24, 2.45) is 5.92 Å². The van der Waals surface area contributed by atoms with Crippen LogP contribution in [0.2, 0.25) is 0 Å². The van der Waals surface area contributed by atoms with Crippen molar-refractivity contribution in [3.05, 3.63) is 95.8 Å². The summed E-state index contributed by atoms with van der Waals surface area (Å²) in [5.41, 5.74) is 3.41. The van der Waals surface area contributed by atoms with Crippen LogP contribution in [0.25, 0.3) is 0 Å². The van der Waals surface area contributed by atoms with Gasteiger partial charge < -0.3 is 4.42 Å². The first-order valence-corrected chi connectivity index (χ1v) is 16.2. The molecule has 1 fully saturated rings. The van der Waals surface area contributed by atoms with E-state index in [1.165, 1.54) is 100 Å². The van der Waals surface area contributed by atoms with Crippen molar-refractivity contribution < 1.29 is 13.6 Å². The SMILES string of the molecule is C=C(/C=C\C(=C/C)CC)CCCC.CCCC.CCCC1CCCCC1.O=C(Cc1ccc(F)cc1)c1ccco1. The lowest BCUT2D eigenvalue weighted by atomic mass is 9.86. The second kappa shape index (κ2) is 26.2. The van der Waals surface area contributed by atoms with Gasteiger partial charge in [0.25, 0.3) is 0 Å². The maximum atomic E-state index is 12.6. The first-order valence-electron chi connectivity index (χ1n) is 16.2. The molecule has 1 heterocycles. The van der Waals surface area contributed by atoms with Crippen molar-refractivity contribution >= 4 is 5.78 Å². The smallest absolute Gasteiger partial charge is 0.202 e. The maximum Gasteiger partial charge on any atom is 0.202 e. The van der Waals surface area contributed by atoms with E-state index in [9.17, 15) is 9.18 Å². The van der Waals surface area contributed by atoms with E-state index in [2.05, 4.69) is 66.3 Å². The molecule has 230 valence electrons. The van der Waals surface area contributed by atoms with Crippen LogP contribution in [-0.2, 0) is 6.42 Å². The number of hydrogen-bond acceptors (Lipinski definition) is 2. The third kappa shape index (κ3) is 20.8. The van der Waals surface area contributed by atoms with Crippen LogP contribution in [-0.4, -0.2) is 5.78 Å². The van der Waals surface area contributed by atoms with Crippen LogP contribution in [0.1, 0.15) is 141 Å². The van der Waals surface area contributed by atoms with E-state index >= 15 is 0 Å². The molecule has 2 nitrogen and oxygen atoms in total. The second-order valence-corrected chi connectivity index (χ2v) is 10.8. The molecule has 0 N–H and O–H groups in total. The van der Waals surface area contributed by atoms with Crippen LogP contribution in [0, 0.1) is 11.7 Å². The lowest BCUT2D eigenvalue weighted by Gasteiger charge is -2.20. The Balaban J connectivity index is 0.000000563. The Morgan fingerprint density at radius 2 is 1.59 bits per heavy atom. The first-order chi connectivity index (χ1) is 19.8. The average Bonchev–Trinajstić information content (AvgIpc) is 3.55. The molecule has 0 unspecified atom stereocenters. The normalized spacial score (nSPS) is 13.3. The molecule has 1 saturated carbocycles. The van der Waals surface area contributed by atoms with Crippen molar-refractivity contribution in [3.8, 4) is 0 Å². The number of carbonyl (C=O) groups excluding carboxylic acids is 1. The Bertz CT molecular complexity index is 940. The summed E-state index contributed by atoms with van der Waals surface area (Å²) in [4.78, 5) is 11.6. The fourth-order valence-corrected chi connectivity index (χ4v) is 4.33. The Kier molecular flexibility index (Phi) is 24.5. The second-order valence-electron chi connectivity index (χ2n) is 10.8. The molecule has 3 rings (SSSR count). The van der Waals surface area contributed by atoms with Gasteiger partial charge in [0.2, 0.25) is 5.78 Å². The van der Waals surface area contributed by atoms with E-state index in [0.717, 1.165) is 24.3 Å². The van der Waals surface area contributed by atoms with Crippen LogP contribution < -0.4 is 0 Å². The van der Waals surface area contributed by atoms with Gasteiger partial charge in [-0.25, -0.2) is 4.39 Å². The summed E-state index contributed by atoms with van der Waals surface area (Å²) >= 11 is 0. The van der Waals surface area contributed by atoms with Crippen LogP contribution in [0.4, 0.5) is 4.39 Å². The van der Waals surface area contributed by atoms with E-state index in [0.29, 0.717) is 5.76 Å². The zero-order chi connectivity index (χ0) is 30.7. The van der Waals surface area contributed by atoms with E-state index < -0.39 is 0 Å². The molecule has 1 aromatic heterocycles. The summed E-state index contributed by atoms with van der Waals surface area (Å²) in [5.74, 6) is 1.03. The number of benzene rings is 1. The fourth-order valence-electron chi connectivity index (χ4n) is 4.33. The average molecular weight is 567 g/mol. The molecule has 0 bridgehead atoms. The third-order valence-corrected chi connectivity index (χ3v) is 7.16. The molecule has 0 amide bonds. The van der Waals surface area contributed by atoms with E-state index in [1.54, 1.807) is 24.3 Å². The lowest BCUT2D eigenvalue weighted by Crippen LogP contribution is -2.04. The summed E-state index contributed by atoms with van der Waals surface area (Å²) in [6.07, 6.45) is 26.0. The van der Waals surface area contributed by atoms with E-state index in [4.69, 9.17) is 4.42 Å². The molecule has 3 heteroatoms. The van der Waals surface area contributed by atoms with Gasteiger partial charge in [0.1, 0.15) is 5.82 Å². The van der Waals surface area contributed by atoms with Gasteiger partial charge in [-0.2, -0.15) is 0 Å². The highest BCUT2D eigenvalue weighted by molar-refractivity contribution is 5.94. The van der Waals surface area contributed by atoms with Crippen LogP contribution >= 0.6 is 0 Å². The van der Waals surface area contributed by atoms with E-state index in [-0.39, 0.29) is 18.0 Å². The third-order valence-electron chi connectivity index (χ3n) is 7.16. The Morgan fingerprint density at radius 3 is 2.07 bits per heavy atom. The topological polar surface area (TPSA) is 30.2 Å². The molecule has 1 aliphatic rings. The number of allylic oxidation sites excluding steroid dienone is 5. The van der Waals surface area contributed by atoms with Gasteiger partial charge in [-0.05, 0) is 61.9 Å². The molecule has 1 aromatic carbocycles.